The maximum absolute atomic E-state index is 12.7. The van der Waals surface area contributed by atoms with Crippen LogP contribution in [0.2, 0.25) is 0 Å². The molecule has 1 saturated heterocycles. The first-order chi connectivity index (χ1) is 7.84. The molecule has 1 aromatic rings. The predicted octanol–water partition coefficient (Wildman–Crippen LogP) is 1.91. The van der Waals surface area contributed by atoms with Gasteiger partial charge in [-0.25, -0.2) is 4.39 Å². The van der Waals surface area contributed by atoms with Crippen LogP contribution in [0, 0.1) is 11.7 Å². The summed E-state index contributed by atoms with van der Waals surface area (Å²) in [5, 5.41) is 6.77. The standard InChI is InChI=1S/C13H19FN2/c14-13-3-1-11(2-4-13)9-15-7-5-12-6-8-16-10-12/h1-4,12,15-16H,5-10H2. The fourth-order valence-electron chi connectivity index (χ4n) is 2.10. The number of benzene rings is 1. The highest BCUT2D eigenvalue weighted by atomic mass is 19.1. The van der Waals surface area contributed by atoms with Crippen LogP contribution >= 0.6 is 0 Å². The molecule has 2 rings (SSSR count). The van der Waals surface area contributed by atoms with Crippen molar-refractivity contribution in [1.29, 1.82) is 0 Å². The zero-order valence-corrected chi connectivity index (χ0v) is 9.51. The van der Waals surface area contributed by atoms with Gasteiger partial charge in [0, 0.05) is 6.54 Å². The zero-order valence-electron chi connectivity index (χ0n) is 9.51. The summed E-state index contributed by atoms with van der Waals surface area (Å²) in [6, 6.07) is 6.69. The number of hydrogen-bond acceptors (Lipinski definition) is 2. The number of nitrogens with one attached hydrogen (secondary N) is 2. The van der Waals surface area contributed by atoms with Gasteiger partial charge in [-0.3, -0.25) is 0 Å². The van der Waals surface area contributed by atoms with Gasteiger partial charge in [0.25, 0.3) is 0 Å². The molecule has 1 unspecified atom stereocenters. The Morgan fingerprint density at radius 3 is 2.81 bits per heavy atom. The van der Waals surface area contributed by atoms with Crippen molar-refractivity contribution >= 4 is 0 Å². The fourth-order valence-corrected chi connectivity index (χ4v) is 2.10. The summed E-state index contributed by atoms with van der Waals surface area (Å²) in [6.07, 6.45) is 2.53. The molecule has 16 heavy (non-hydrogen) atoms. The lowest BCUT2D eigenvalue weighted by Gasteiger charge is -2.09. The van der Waals surface area contributed by atoms with E-state index >= 15 is 0 Å². The molecule has 0 aliphatic carbocycles. The molecule has 88 valence electrons. The van der Waals surface area contributed by atoms with Crippen molar-refractivity contribution in [2.75, 3.05) is 19.6 Å². The first kappa shape index (κ1) is 11.6. The molecule has 0 spiro atoms. The van der Waals surface area contributed by atoms with Crippen molar-refractivity contribution in [3.63, 3.8) is 0 Å². The highest BCUT2D eigenvalue weighted by Gasteiger charge is 2.12. The van der Waals surface area contributed by atoms with Crippen LogP contribution in [0.3, 0.4) is 0 Å². The van der Waals surface area contributed by atoms with E-state index in [1.54, 1.807) is 0 Å². The average Bonchev–Trinajstić information content (AvgIpc) is 2.80. The summed E-state index contributed by atoms with van der Waals surface area (Å²) in [4.78, 5) is 0. The molecule has 0 aromatic heterocycles. The first-order valence-corrected chi connectivity index (χ1v) is 6.00. The van der Waals surface area contributed by atoms with Crippen molar-refractivity contribution in [1.82, 2.24) is 10.6 Å². The summed E-state index contributed by atoms with van der Waals surface area (Å²) < 4.78 is 12.7. The molecule has 1 fully saturated rings. The minimum Gasteiger partial charge on any atom is -0.316 e. The van der Waals surface area contributed by atoms with Crippen LogP contribution in [0.25, 0.3) is 0 Å². The van der Waals surface area contributed by atoms with Gasteiger partial charge in [0.1, 0.15) is 5.82 Å². The Labute approximate surface area is 96.2 Å². The van der Waals surface area contributed by atoms with E-state index in [1.807, 2.05) is 12.1 Å². The zero-order chi connectivity index (χ0) is 11.2. The highest BCUT2D eigenvalue weighted by Crippen LogP contribution is 2.11. The molecule has 1 aliphatic rings. The summed E-state index contributed by atoms with van der Waals surface area (Å²) in [7, 11) is 0. The van der Waals surface area contributed by atoms with Crippen molar-refractivity contribution in [3.05, 3.63) is 35.6 Å². The smallest absolute Gasteiger partial charge is 0.123 e. The molecule has 0 radical (unpaired) electrons. The fraction of sp³-hybridized carbons (Fsp3) is 0.538. The van der Waals surface area contributed by atoms with E-state index in [2.05, 4.69) is 10.6 Å². The van der Waals surface area contributed by atoms with E-state index in [-0.39, 0.29) is 5.82 Å². The van der Waals surface area contributed by atoms with Gasteiger partial charge in [0.15, 0.2) is 0 Å². The lowest BCUT2D eigenvalue weighted by molar-refractivity contribution is 0.500. The second-order valence-electron chi connectivity index (χ2n) is 4.45. The maximum atomic E-state index is 12.7. The Morgan fingerprint density at radius 1 is 1.31 bits per heavy atom. The first-order valence-electron chi connectivity index (χ1n) is 6.00. The van der Waals surface area contributed by atoms with Crippen LogP contribution in [-0.2, 0) is 6.54 Å². The third-order valence-electron chi connectivity index (χ3n) is 3.13. The summed E-state index contributed by atoms with van der Waals surface area (Å²) in [5.74, 6) is 0.668. The third kappa shape index (κ3) is 3.58. The molecular weight excluding hydrogens is 203 g/mol. The SMILES string of the molecule is Fc1ccc(CNCCC2CCNC2)cc1. The minimum atomic E-state index is -0.166. The van der Waals surface area contributed by atoms with Crippen molar-refractivity contribution in [3.8, 4) is 0 Å². The Hall–Kier alpha value is -0.930. The quantitative estimate of drug-likeness (QED) is 0.744. The van der Waals surface area contributed by atoms with Crippen molar-refractivity contribution in [2.45, 2.75) is 19.4 Å². The van der Waals surface area contributed by atoms with Crippen LogP contribution in [-0.4, -0.2) is 19.6 Å². The Morgan fingerprint density at radius 2 is 2.12 bits per heavy atom. The van der Waals surface area contributed by atoms with Gasteiger partial charge >= 0.3 is 0 Å². The predicted molar refractivity (Wildman–Crippen MR) is 63.7 cm³/mol. The largest absolute Gasteiger partial charge is 0.316 e. The van der Waals surface area contributed by atoms with E-state index in [1.165, 1.54) is 31.5 Å². The monoisotopic (exact) mass is 222 g/mol. The molecule has 3 heteroatoms. The molecule has 0 bridgehead atoms. The van der Waals surface area contributed by atoms with Gasteiger partial charge in [-0.1, -0.05) is 12.1 Å². The van der Waals surface area contributed by atoms with E-state index in [4.69, 9.17) is 0 Å². The van der Waals surface area contributed by atoms with E-state index < -0.39 is 0 Å². The number of halogens is 1. The van der Waals surface area contributed by atoms with Crippen LogP contribution in [0.4, 0.5) is 4.39 Å². The molecule has 0 amide bonds. The van der Waals surface area contributed by atoms with E-state index in [0.29, 0.717) is 0 Å². The molecule has 2 N–H and O–H groups in total. The summed E-state index contributed by atoms with van der Waals surface area (Å²) >= 11 is 0. The Bertz CT molecular complexity index is 304. The maximum Gasteiger partial charge on any atom is 0.123 e. The normalized spacial score (nSPS) is 20.2. The lowest BCUT2D eigenvalue weighted by atomic mass is 10.1. The van der Waals surface area contributed by atoms with Crippen LogP contribution < -0.4 is 10.6 Å². The summed E-state index contributed by atoms with van der Waals surface area (Å²) in [5.41, 5.74) is 1.14. The van der Waals surface area contributed by atoms with Crippen LogP contribution in [0.5, 0.6) is 0 Å². The van der Waals surface area contributed by atoms with Crippen LogP contribution in [0.15, 0.2) is 24.3 Å². The average molecular weight is 222 g/mol. The van der Waals surface area contributed by atoms with E-state index in [0.717, 1.165) is 31.1 Å². The Kier molecular flexibility index (Phi) is 4.31. The van der Waals surface area contributed by atoms with Gasteiger partial charge in [-0.15, -0.1) is 0 Å². The van der Waals surface area contributed by atoms with Gasteiger partial charge in [-0.2, -0.15) is 0 Å². The minimum absolute atomic E-state index is 0.166. The van der Waals surface area contributed by atoms with Gasteiger partial charge in [0.05, 0.1) is 0 Å². The lowest BCUT2D eigenvalue weighted by Crippen LogP contribution is -2.19. The molecule has 1 aromatic carbocycles. The second-order valence-corrected chi connectivity index (χ2v) is 4.45. The molecule has 2 nitrogen and oxygen atoms in total. The number of hydrogen-bond donors (Lipinski definition) is 2. The van der Waals surface area contributed by atoms with Gasteiger partial charge in [0.2, 0.25) is 0 Å². The van der Waals surface area contributed by atoms with Crippen molar-refractivity contribution in [2.24, 2.45) is 5.92 Å². The topological polar surface area (TPSA) is 24.1 Å². The third-order valence-corrected chi connectivity index (χ3v) is 3.13. The Balaban J connectivity index is 1.62. The van der Waals surface area contributed by atoms with Gasteiger partial charge in [-0.05, 0) is 56.1 Å². The second kappa shape index (κ2) is 5.97. The summed E-state index contributed by atoms with van der Waals surface area (Å²) in [6.45, 7) is 4.21. The molecule has 1 atom stereocenters. The molecule has 1 heterocycles. The van der Waals surface area contributed by atoms with E-state index in [9.17, 15) is 4.39 Å². The highest BCUT2D eigenvalue weighted by molar-refractivity contribution is 5.15. The number of rotatable bonds is 5. The van der Waals surface area contributed by atoms with Crippen molar-refractivity contribution < 1.29 is 4.39 Å². The van der Waals surface area contributed by atoms with Gasteiger partial charge < -0.3 is 10.6 Å². The van der Waals surface area contributed by atoms with Crippen LogP contribution in [0.1, 0.15) is 18.4 Å². The molecule has 1 aliphatic heterocycles. The molecular formula is C13H19FN2. The molecule has 0 saturated carbocycles.